The molecule has 0 heterocycles. The summed E-state index contributed by atoms with van der Waals surface area (Å²) in [6, 6.07) is 0. The van der Waals surface area contributed by atoms with Crippen LogP contribution in [0.4, 0.5) is 0 Å². The van der Waals surface area contributed by atoms with Crippen LogP contribution in [0.2, 0.25) is 0 Å². The van der Waals surface area contributed by atoms with Crippen LogP contribution in [0, 0.1) is 0 Å². The number of nitrogens with zero attached hydrogens (tertiary/aromatic N) is 1. The molecule has 0 amide bonds. The fraction of sp³-hybridized carbons (Fsp3) is 0.857. The van der Waals surface area contributed by atoms with Crippen molar-refractivity contribution in [1.29, 1.82) is 0 Å². The Morgan fingerprint density at radius 2 is 1.78 bits per heavy atom. The fourth-order valence-corrected chi connectivity index (χ4v) is 1.87. The maximum atomic E-state index is 9.15. The molecule has 0 aromatic rings. The average molecular weight is 259 g/mol. The summed E-state index contributed by atoms with van der Waals surface area (Å²) in [6.45, 7) is 6.38. The van der Waals surface area contributed by atoms with E-state index in [0.717, 1.165) is 32.2 Å². The lowest BCUT2D eigenvalue weighted by molar-refractivity contribution is 0.160. The van der Waals surface area contributed by atoms with Gasteiger partial charge < -0.3 is 15.3 Å². The zero-order chi connectivity index (χ0) is 13.8. The van der Waals surface area contributed by atoms with Gasteiger partial charge in [-0.15, -0.1) is 0 Å². The Kier molecular flexibility index (Phi) is 11.4. The smallest absolute Gasteiger partial charge is 0.0558 e. The van der Waals surface area contributed by atoms with Gasteiger partial charge in [0, 0.05) is 13.1 Å². The first kappa shape index (κ1) is 17.6. The van der Waals surface area contributed by atoms with Gasteiger partial charge in [-0.2, -0.15) is 0 Å². The molecule has 0 saturated carbocycles. The van der Waals surface area contributed by atoms with Gasteiger partial charge in [0.1, 0.15) is 0 Å². The van der Waals surface area contributed by atoms with Crippen LogP contribution in [-0.2, 0) is 0 Å². The number of allylic oxidation sites excluding steroid dienone is 2. The highest BCUT2D eigenvalue weighted by Crippen LogP contribution is 2.08. The van der Waals surface area contributed by atoms with Crippen LogP contribution < -0.4 is 0 Å². The van der Waals surface area contributed by atoms with Crippen LogP contribution in [0.1, 0.15) is 39.5 Å². The van der Waals surface area contributed by atoms with E-state index in [9.17, 15) is 0 Å². The second kappa shape index (κ2) is 11.7. The zero-order valence-electron chi connectivity index (χ0n) is 11.8. The summed E-state index contributed by atoms with van der Waals surface area (Å²) in [6.07, 6.45) is 5.79. The zero-order valence-corrected chi connectivity index (χ0v) is 11.8. The molecule has 4 heteroatoms. The predicted molar refractivity (Wildman–Crippen MR) is 74.5 cm³/mol. The highest BCUT2D eigenvalue weighted by Gasteiger charge is 2.03. The molecule has 0 radical (unpaired) electrons. The van der Waals surface area contributed by atoms with Crippen molar-refractivity contribution >= 4 is 0 Å². The number of rotatable bonds is 11. The van der Waals surface area contributed by atoms with E-state index < -0.39 is 0 Å². The molecule has 0 bridgehead atoms. The minimum absolute atomic E-state index is 0.142. The highest BCUT2D eigenvalue weighted by atomic mass is 16.3. The van der Waals surface area contributed by atoms with Crippen molar-refractivity contribution in [2.24, 2.45) is 0 Å². The fourth-order valence-electron chi connectivity index (χ4n) is 1.87. The van der Waals surface area contributed by atoms with Crippen molar-refractivity contribution in [1.82, 2.24) is 4.90 Å². The Balaban J connectivity index is 3.72. The summed E-state index contributed by atoms with van der Waals surface area (Å²) in [5, 5.41) is 26.9. The van der Waals surface area contributed by atoms with Crippen molar-refractivity contribution in [3.8, 4) is 0 Å². The predicted octanol–water partition coefficient (Wildman–Crippen LogP) is 1.16. The van der Waals surface area contributed by atoms with Gasteiger partial charge in [0.05, 0.1) is 19.3 Å². The first-order chi connectivity index (χ1) is 8.60. The van der Waals surface area contributed by atoms with Crippen LogP contribution in [0.15, 0.2) is 11.6 Å². The maximum absolute atomic E-state index is 9.15. The Morgan fingerprint density at radius 3 is 2.28 bits per heavy atom. The summed E-state index contributed by atoms with van der Waals surface area (Å²) in [5.41, 5.74) is 1.35. The molecule has 0 fully saturated rings. The monoisotopic (exact) mass is 259 g/mol. The Bertz CT molecular complexity index is 211. The van der Waals surface area contributed by atoms with E-state index in [1.807, 2.05) is 6.92 Å². The standard InChI is InChI=1S/C14H29NO3/c1-13(5-3-7-14(2)18)6-4-8-15(9-11-16)10-12-17/h5,14,16-18H,3-4,6-12H2,1-2H3/b13-5-. The largest absolute Gasteiger partial charge is 0.395 e. The van der Waals surface area contributed by atoms with Gasteiger partial charge in [-0.3, -0.25) is 4.90 Å². The van der Waals surface area contributed by atoms with Gasteiger partial charge in [-0.1, -0.05) is 11.6 Å². The molecular weight excluding hydrogens is 230 g/mol. The number of hydrogen-bond acceptors (Lipinski definition) is 4. The minimum atomic E-state index is -0.223. The maximum Gasteiger partial charge on any atom is 0.0558 e. The van der Waals surface area contributed by atoms with Gasteiger partial charge in [0.25, 0.3) is 0 Å². The molecule has 18 heavy (non-hydrogen) atoms. The number of aliphatic hydroxyl groups excluding tert-OH is 3. The van der Waals surface area contributed by atoms with Crippen LogP contribution >= 0.6 is 0 Å². The summed E-state index contributed by atoms with van der Waals surface area (Å²) < 4.78 is 0. The molecule has 3 N–H and O–H groups in total. The molecule has 0 aromatic heterocycles. The molecule has 0 spiro atoms. The first-order valence-electron chi connectivity index (χ1n) is 6.88. The SMILES string of the molecule is C/C(=C/CCC(C)O)CCCN(CCO)CCO. The van der Waals surface area contributed by atoms with Gasteiger partial charge in [0.15, 0.2) is 0 Å². The van der Waals surface area contributed by atoms with E-state index in [1.54, 1.807) is 0 Å². The van der Waals surface area contributed by atoms with Crippen molar-refractivity contribution in [3.63, 3.8) is 0 Å². The van der Waals surface area contributed by atoms with Gasteiger partial charge in [0.2, 0.25) is 0 Å². The molecular formula is C14H29NO3. The summed E-state index contributed by atoms with van der Waals surface area (Å²) >= 11 is 0. The van der Waals surface area contributed by atoms with Crippen molar-refractivity contribution in [3.05, 3.63) is 11.6 Å². The Labute approximate surface area is 111 Å². The molecule has 0 aliphatic rings. The van der Waals surface area contributed by atoms with Gasteiger partial charge in [-0.25, -0.2) is 0 Å². The number of aliphatic hydroxyl groups is 3. The molecule has 0 rings (SSSR count). The molecule has 0 aromatic carbocycles. The topological polar surface area (TPSA) is 63.9 Å². The summed E-state index contributed by atoms with van der Waals surface area (Å²) in [7, 11) is 0. The van der Waals surface area contributed by atoms with Crippen molar-refractivity contribution < 1.29 is 15.3 Å². The van der Waals surface area contributed by atoms with Crippen LogP contribution in [0.5, 0.6) is 0 Å². The second-order valence-corrected chi connectivity index (χ2v) is 4.87. The second-order valence-electron chi connectivity index (χ2n) is 4.87. The minimum Gasteiger partial charge on any atom is -0.395 e. The highest BCUT2D eigenvalue weighted by molar-refractivity contribution is 4.97. The first-order valence-corrected chi connectivity index (χ1v) is 6.88. The average Bonchev–Trinajstić information content (AvgIpc) is 2.29. The third kappa shape index (κ3) is 10.7. The molecule has 1 unspecified atom stereocenters. The quantitative estimate of drug-likeness (QED) is 0.487. The van der Waals surface area contributed by atoms with E-state index >= 15 is 0 Å². The van der Waals surface area contributed by atoms with E-state index in [0.29, 0.717) is 13.1 Å². The molecule has 1 atom stereocenters. The molecule has 4 nitrogen and oxygen atoms in total. The van der Waals surface area contributed by atoms with Crippen LogP contribution in [0.25, 0.3) is 0 Å². The van der Waals surface area contributed by atoms with Crippen LogP contribution in [0.3, 0.4) is 0 Å². The molecule has 108 valence electrons. The Hall–Kier alpha value is -0.420. The number of hydrogen-bond donors (Lipinski definition) is 3. The molecule has 0 aliphatic carbocycles. The molecule has 0 aliphatic heterocycles. The van der Waals surface area contributed by atoms with E-state index in [1.165, 1.54) is 5.57 Å². The van der Waals surface area contributed by atoms with E-state index in [-0.39, 0.29) is 19.3 Å². The summed E-state index contributed by atoms with van der Waals surface area (Å²) in [4.78, 5) is 2.07. The third-order valence-corrected chi connectivity index (χ3v) is 2.96. The lowest BCUT2D eigenvalue weighted by atomic mass is 10.1. The third-order valence-electron chi connectivity index (χ3n) is 2.96. The van der Waals surface area contributed by atoms with E-state index in [2.05, 4.69) is 17.9 Å². The van der Waals surface area contributed by atoms with Crippen molar-refractivity contribution in [2.75, 3.05) is 32.8 Å². The summed E-state index contributed by atoms with van der Waals surface area (Å²) in [5.74, 6) is 0. The molecule has 0 saturated heterocycles. The van der Waals surface area contributed by atoms with Gasteiger partial charge >= 0.3 is 0 Å². The lowest BCUT2D eigenvalue weighted by Gasteiger charge is -2.19. The lowest BCUT2D eigenvalue weighted by Crippen LogP contribution is -2.30. The van der Waals surface area contributed by atoms with E-state index in [4.69, 9.17) is 15.3 Å². The Morgan fingerprint density at radius 1 is 1.17 bits per heavy atom. The van der Waals surface area contributed by atoms with Crippen LogP contribution in [-0.4, -0.2) is 59.2 Å². The van der Waals surface area contributed by atoms with Gasteiger partial charge in [-0.05, 0) is 46.1 Å². The van der Waals surface area contributed by atoms with Crippen molar-refractivity contribution in [2.45, 2.75) is 45.6 Å². The normalized spacial score (nSPS) is 14.2.